The van der Waals surface area contributed by atoms with Crippen LogP contribution in [-0.2, 0) is 15.6 Å². The zero-order valence-corrected chi connectivity index (χ0v) is 11.2. The Morgan fingerprint density at radius 2 is 1.74 bits per heavy atom. The highest BCUT2D eigenvalue weighted by molar-refractivity contribution is 7.90. The Morgan fingerprint density at radius 3 is 2.42 bits per heavy atom. The maximum Gasteiger partial charge on any atom is 0.182 e. The summed E-state index contributed by atoms with van der Waals surface area (Å²) in [5.41, 5.74) is 0.144. The van der Waals surface area contributed by atoms with Crippen LogP contribution >= 0.6 is 11.6 Å². The lowest BCUT2D eigenvalue weighted by Gasteiger charge is -2.07. The van der Waals surface area contributed by atoms with Crippen molar-refractivity contribution in [3.63, 3.8) is 0 Å². The summed E-state index contributed by atoms with van der Waals surface area (Å²) >= 11 is 5.70. The number of sulfone groups is 1. The molecular weight excluding hydrogens is 294 g/mol. The zero-order valence-electron chi connectivity index (χ0n) is 9.61. The molecule has 0 bridgehead atoms. The van der Waals surface area contributed by atoms with Crippen LogP contribution in [0, 0.1) is 11.6 Å². The summed E-state index contributed by atoms with van der Waals surface area (Å²) in [5, 5.41) is -0.234. The van der Waals surface area contributed by atoms with Gasteiger partial charge in [0.25, 0.3) is 0 Å². The number of rotatable bonds is 3. The van der Waals surface area contributed by atoms with Crippen LogP contribution in [0.3, 0.4) is 0 Å². The van der Waals surface area contributed by atoms with Gasteiger partial charge in [-0.05, 0) is 29.8 Å². The molecule has 0 aliphatic carbocycles. The van der Waals surface area contributed by atoms with E-state index in [0.717, 1.165) is 18.2 Å². The molecule has 0 aromatic heterocycles. The second-order valence-electron chi connectivity index (χ2n) is 3.93. The molecule has 0 saturated carbocycles. The first kappa shape index (κ1) is 14.0. The summed E-state index contributed by atoms with van der Waals surface area (Å²) in [4.78, 5) is -0.159. The molecule has 0 unspecified atom stereocenters. The summed E-state index contributed by atoms with van der Waals surface area (Å²) in [7, 11) is -3.77. The molecule has 0 aliphatic heterocycles. The van der Waals surface area contributed by atoms with Crippen LogP contribution in [-0.4, -0.2) is 8.42 Å². The monoisotopic (exact) mass is 302 g/mol. The minimum absolute atomic E-state index is 0.144. The molecule has 6 heteroatoms. The molecule has 0 atom stereocenters. The van der Waals surface area contributed by atoms with Gasteiger partial charge >= 0.3 is 0 Å². The van der Waals surface area contributed by atoms with E-state index < -0.39 is 27.2 Å². The fourth-order valence-corrected chi connectivity index (χ4v) is 3.28. The van der Waals surface area contributed by atoms with E-state index in [1.54, 1.807) is 0 Å². The lowest BCUT2D eigenvalue weighted by Crippen LogP contribution is -2.06. The van der Waals surface area contributed by atoms with E-state index in [2.05, 4.69) is 0 Å². The van der Waals surface area contributed by atoms with E-state index in [0.29, 0.717) is 0 Å². The van der Waals surface area contributed by atoms with Gasteiger partial charge in [-0.2, -0.15) is 0 Å². The van der Waals surface area contributed by atoms with Crippen LogP contribution in [0.15, 0.2) is 47.4 Å². The molecule has 100 valence electrons. The highest BCUT2D eigenvalue weighted by atomic mass is 35.5. The average molecular weight is 303 g/mol. The van der Waals surface area contributed by atoms with Crippen molar-refractivity contribution in [3.05, 3.63) is 64.7 Å². The third kappa shape index (κ3) is 3.11. The van der Waals surface area contributed by atoms with Crippen LogP contribution in [0.2, 0.25) is 5.02 Å². The molecule has 2 nitrogen and oxygen atoms in total. The SMILES string of the molecule is O=S(=O)(Cc1cccc(F)c1Cl)c1cccc(F)c1. The topological polar surface area (TPSA) is 34.1 Å². The van der Waals surface area contributed by atoms with E-state index in [1.165, 1.54) is 24.3 Å². The van der Waals surface area contributed by atoms with Gasteiger partial charge in [-0.1, -0.05) is 29.8 Å². The summed E-state index contributed by atoms with van der Waals surface area (Å²) in [6.07, 6.45) is 0. The van der Waals surface area contributed by atoms with Gasteiger partial charge in [0.15, 0.2) is 9.84 Å². The van der Waals surface area contributed by atoms with Gasteiger partial charge in [0.1, 0.15) is 11.6 Å². The predicted molar refractivity (Wildman–Crippen MR) is 68.7 cm³/mol. The number of benzene rings is 2. The summed E-state index contributed by atoms with van der Waals surface area (Å²) in [5.74, 6) is -1.81. The summed E-state index contributed by atoms with van der Waals surface area (Å²) in [6.45, 7) is 0. The van der Waals surface area contributed by atoms with Crippen LogP contribution in [0.5, 0.6) is 0 Å². The maximum atomic E-state index is 13.2. The standard InChI is InChI=1S/C13H9ClF2O2S/c14-13-9(3-1-6-12(13)16)8-19(17,18)11-5-2-4-10(15)7-11/h1-7H,8H2. The molecule has 0 fully saturated rings. The normalized spacial score (nSPS) is 11.5. The Kier molecular flexibility index (Phi) is 3.87. The van der Waals surface area contributed by atoms with Crippen molar-refractivity contribution in [1.29, 1.82) is 0 Å². The number of hydrogen-bond donors (Lipinski definition) is 0. The van der Waals surface area contributed by atoms with Gasteiger partial charge in [-0.25, -0.2) is 17.2 Å². The lowest BCUT2D eigenvalue weighted by atomic mass is 10.2. The maximum absolute atomic E-state index is 13.2. The Hall–Kier alpha value is -1.46. The van der Waals surface area contributed by atoms with Crippen molar-refractivity contribution < 1.29 is 17.2 Å². The van der Waals surface area contributed by atoms with Gasteiger partial charge in [0.05, 0.1) is 15.7 Å². The lowest BCUT2D eigenvalue weighted by molar-refractivity contribution is 0.589. The van der Waals surface area contributed by atoms with Gasteiger partial charge in [-0.3, -0.25) is 0 Å². The largest absolute Gasteiger partial charge is 0.223 e. The quantitative estimate of drug-likeness (QED) is 0.868. The first-order chi connectivity index (χ1) is 8.90. The van der Waals surface area contributed by atoms with Crippen LogP contribution < -0.4 is 0 Å². The van der Waals surface area contributed by atoms with Crippen LogP contribution in [0.25, 0.3) is 0 Å². The first-order valence-corrected chi connectivity index (χ1v) is 7.34. The third-order valence-electron chi connectivity index (χ3n) is 2.53. The molecule has 0 spiro atoms. The van der Waals surface area contributed by atoms with Crippen LogP contribution in [0.4, 0.5) is 8.78 Å². The molecule has 0 heterocycles. The van der Waals surface area contributed by atoms with Crippen molar-refractivity contribution in [1.82, 2.24) is 0 Å². The van der Waals surface area contributed by atoms with Crippen molar-refractivity contribution >= 4 is 21.4 Å². The van der Waals surface area contributed by atoms with Crippen molar-refractivity contribution in [3.8, 4) is 0 Å². The first-order valence-electron chi connectivity index (χ1n) is 5.31. The van der Waals surface area contributed by atoms with Crippen molar-refractivity contribution in [2.24, 2.45) is 0 Å². The number of halogens is 3. The fourth-order valence-electron chi connectivity index (χ4n) is 1.61. The molecule has 2 aromatic carbocycles. The Morgan fingerprint density at radius 1 is 1.05 bits per heavy atom. The Labute approximate surface area is 114 Å². The minimum atomic E-state index is -3.77. The van der Waals surface area contributed by atoms with Crippen molar-refractivity contribution in [2.75, 3.05) is 0 Å². The van der Waals surface area contributed by atoms with Gasteiger partial charge < -0.3 is 0 Å². The number of hydrogen-bond acceptors (Lipinski definition) is 2. The zero-order chi connectivity index (χ0) is 14.0. The molecule has 0 aliphatic rings. The van der Waals surface area contributed by atoms with E-state index >= 15 is 0 Å². The predicted octanol–water partition coefficient (Wildman–Crippen LogP) is 3.59. The molecule has 2 rings (SSSR count). The highest BCUT2D eigenvalue weighted by Gasteiger charge is 2.18. The second kappa shape index (κ2) is 5.27. The highest BCUT2D eigenvalue weighted by Crippen LogP contribution is 2.24. The van der Waals surface area contributed by atoms with Gasteiger partial charge in [0, 0.05) is 0 Å². The third-order valence-corrected chi connectivity index (χ3v) is 4.62. The van der Waals surface area contributed by atoms with E-state index in [9.17, 15) is 17.2 Å². The minimum Gasteiger partial charge on any atom is -0.223 e. The second-order valence-corrected chi connectivity index (χ2v) is 6.30. The average Bonchev–Trinajstić information content (AvgIpc) is 2.35. The molecular formula is C13H9ClF2O2S. The van der Waals surface area contributed by atoms with Gasteiger partial charge in [-0.15, -0.1) is 0 Å². The van der Waals surface area contributed by atoms with Gasteiger partial charge in [0.2, 0.25) is 0 Å². The van der Waals surface area contributed by atoms with E-state index in [-0.39, 0.29) is 15.5 Å². The molecule has 0 saturated heterocycles. The van der Waals surface area contributed by atoms with Crippen LogP contribution in [0.1, 0.15) is 5.56 Å². The molecule has 2 aromatic rings. The summed E-state index contributed by atoms with van der Waals surface area (Å²) in [6, 6.07) is 8.58. The smallest absolute Gasteiger partial charge is 0.182 e. The van der Waals surface area contributed by atoms with E-state index in [4.69, 9.17) is 11.6 Å². The Bertz CT molecular complexity index is 714. The molecule has 0 N–H and O–H groups in total. The molecule has 19 heavy (non-hydrogen) atoms. The van der Waals surface area contributed by atoms with Crippen molar-refractivity contribution in [2.45, 2.75) is 10.6 Å². The fraction of sp³-hybridized carbons (Fsp3) is 0.0769. The Balaban J connectivity index is 2.39. The molecule has 0 radical (unpaired) electrons. The molecule has 0 amide bonds. The van der Waals surface area contributed by atoms with E-state index in [1.807, 2.05) is 0 Å². The summed E-state index contributed by atoms with van der Waals surface area (Å²) < 4.78 is 50.4.